The summed E-state index contributed by atoms with van der Waals surface area (Å²) in [4.78, 5) is 2.64. The second-order valence-corrected chi connectivity index (χ2v) is 3.28. The molecule has 0 aromatic heterocycles. The lowest BCUT2D eigenvalue weighted by molar-refractivity contribution is 0.604. The van der Waals surface area contributed by atoms with Crippen molar-refractivity contribution in [2.24, 2.45) is 5.11 Å². The van der Waals surface area contributed by atoms with Gasteiger partial charge in [-0.2, -0.15) is 5.26 Å². The van der Waals surface area contributed by atoms with Crippen molar-refractivity contribution in [2.75, 3.05) is 13.1 Å². The van der Waals surface area contributed by atoms with Crippen LogP contribution in [0, 0.1) is 11.3 Å². The number of rotatable bonds is 6. The van der Waals surface area contributed by atoms with Crippen LogP contribution < -0.4 is 5.32 Å². The summed E-state index contributed by atoms with van der Waals surface area (Å²) in [6.07, 6.45) is 0.660. The summed E-state index contributed by atoms with van der Waals surface area (Å²) in [6, 6.07) is 11.8. The normalized spacial score (nSPS) is 11.2. The Balaban J connectivity index is 2.38. The molecule has 1 N–H and O–H groups in total. The molecule has 1 aromatic rings. The van der Waals surface area contributed by atoms with Crippen molar-refractivity contribution >= 4 is 0 Å². The molecule has 16 heavy (non-hydrogen) atoms. The number of hydrogen-bond acceptors (Lipinski definition) is 3. The van der Waals surface area contributed by atoms with Gasteiger partial charge in [-0.25, -0.2) is 0 Å². The Labute approximate surface area is 94.3 Å². The summed E-state index contributed by atoms with van der Waals surface area (Å²) >= 11 is 0. The van der Waals surface area contributed by atoms with Gasteiger partial charge in [-0.05, 0) is 11.1 Å². The highest BCUT2D eigenvalue weighted by Crippen LogP contribution is 2.02. The number of hydrogen-bond donors (Lipinski definition) is 1. The summed E-state index contributed by atoms with van der Waals surface area (Å²) in [7, 11) is 0. The summed E-state index contributed by atoms with van der Waals surface area (Å²) in [5.74, 6) is 0. The number of nitriles is 1. The Kier molecular flexibility index (Phi) is 5.49. The molecule has 0 heterocycles. The highest BCUT2D eigenvalue weighted by Gasteiger charge is 2.06. The molecule has 0 radical (unpaired) electrons. The first-order valence-electron chi connectivity index (χ1n) is 5.04. The lowest BCUT2D eigenvalue weighted by Crippen LogP contribution is -2.31. The van der Waals surface area contributed by atoms with E-state index in [9.17, 15) is 0 Å². The van der Waals surface area contributed by atoms with Crippen LogP contribution in [-0.4, -0.2) is 19.1 Å². The maximum absolute atomic E-state index is 8.93. The van der Waals surface area contributed by atoms with E-state index in [1.54, 1.807) is 0 Å². The van der Waals surface area contributed by atoms with Crippen molar-refractivity contribution in [3.05, 3.63) is 46.3 Å². The molecular formula is C11H13N5. The summed E-state index contributed by atoms with van der Waals surface area (Å²) in [6.45, 7) is 0.887. The average molecular weight is 215 g/mol. The third-order valence-corrected chi connectivity index (χ3v) is 2.10. The van der Waals surface area contributed by atoms with E-state index in [-0.39, 0.29) is 6.04 Å². The minimum atomic E-state index is -0.240. The van der Waals surface area contributed by atoms with Crippen LogP contribution in [0.25, 0.3) is 10.4 Å². The van der Waals surface area contributed by atoms with Gasteiger partial charge in [0.25, 0.3) is 0 Å². The zero-order valence-electron chi connectivity index (χ0n) is 8.87. The third kappa shape index (κ3) is 4.47. The standard InChI is InChI=1S/C11H13N5/c12-9-11(14-6-7-15-16-13)8-10-4-2-1-3-5-10/h1-5,11,14H,6-8H2. The molecule has 0 bridgehead atoms. The van der Waals surface area contributed by atoms with E-state index in [4.69, 9.17) is 10.8 Å². The minimum absolute atomic E-state index is 0.240. The Hall–Kier alpha value is -2.02. The van der Waals surface area contributed by atoms with E-state index in [1.807, 2.05) is 30.3 Å². The van der Waals surface area contributed by atoms with Crippen molar-refractivity contribution < 1.29 is 0 Å². The van der Waals surface area contributed by atoms with Gasteiger partial charge >= 0.3 is 0 Å². The lowest BCUT2D eigenvalue weighted by Gasteiger charge is -2.10. The van der Waals surface area contributed by atoms with Crippen molar-refractivity contribution in [3.8, 4) is 6.07 Å². The molecule has 5 heteroatoms. The second-order valence-electron chi connectivity index (χ2n) is 3.28. The predicted octanol–water partition coefficient (Wildman–Crippen LogP) is 2.02. The Morgan fingerprint density at radius 1 is 1.44 bits per heavy atom. The number of nitrogens with one attached hydrogen (secondary N) is 1. The smallest absolute Gasteiger partial charge is 0.0993 e. The maximum atomic E-state index is 8.93. The fourth-order valence-electron chi connectivity index (χ4n) is 1.35. The van der Waals surface area contributed by atoms with Crippen LogP contribution >= 0.6 is 0 Å². The first kappa shape index (κ1) is 12.1. The van der Waals surface area contributed by atoms with Crippen molar-refractivity contribution in [1.82, 2.24) is 5.32 Å². The predicted molar refractivity (Wildman–Crippen MR) is 61.6 cm³/mol. The van der Waals surface area contributed by atoms with Gasteiger partial charge in [-0.1, -0.05) is 35.4 Å². The van der Waals surface area contributed by atoms with E-state index in [0.717, 1.165) is 5.56 Å². The minimum Gasteiger partial charge on any atom is -0.302 e. The molecule has 0 aliphatic carbocycles. The van der Waals surface area contributed by atoms with Gasteiger partial charge in [0.1, 0.15) is 0 Å². The third-order valence-electron chi connectivity index (χ3n) is 2.10. The van der Waals surface area contributed by atoms with E-state index in [0.29, 0.717) is 19.5 Å². The monoisotopic (exact) mass is 215 g/mol. The van der Waals surface area contributed by atoms with Gasteiger partial charge in [0, 0.05) is 24.4 Å². The molecule has 1 unspecified atom stereocenters. The van der Waals surface area contributed by atoms with Crippen LogP contribution in [0.15, 0.2) is 35.4 Å². The molecule has 82 valence electrons. The van der Waals surface area contributed by atoms with E-state index in [2.05, 4.69) is 21.4 Å². The molecule has 0 amide bonds. The molecule has 5 nitrogen and oxygen atoms in total. The largest absolute Gasteiger partial charge is 0.302 e. The molecule has 1 rings (SSSR count). The topological polar surface area (TPSA) is 84.6 Å². The number of azide groups is 1. The SMILES string of the molecule is N#CC(Cc1ccccc1)NCCN=[N+]=[N-]. The summed E-state index contributed by atoms with van der Waals surface area (Å²) in [5, 5.41) is 15.3. The van der Waals surface area contributed by atoms with E-state index in [1.165, 1.54) is 0 Å². The summed E-state index contributed by atoms with van der Waals surface area (Å²) < 4.78 is 0. The lowest BCUT2D eigenvalue weighted by atomic mass is 10.1. The molecular weight excluding hydrogens is 202 g/mol. The van der Waals surface area contributed by atoms with Crippen molar-refractivity contribution in [2.45, 2.75) is 12.5 Å². The summed E-state index contributed by atoms with van der Waals surface area (Å²) in [5.41, 5.74) is 9.21. The first-order chi connectivity index (χ1) is 7.86. The average Bonchev–Trinajstić information content (AvgIpc) is 2.34. The fourth-order valence-corrected chi connectivity index (χ4v) is 1.35. The highest BCUT2D eigenvalue weighted by molar-refractivity contribution is 5.17. The Morgan fingerprint density at radius 2 is 2.19 bits per heavy atom. The molecule has 0 saturated carbocycles. The van der Waals surface area contributed by atoms with Crippen LogP contribution in [0.5, 0.6) is 0 Å². The molecule has 0 aliphatic heterocycles. The molecule has 0 fully saturated rings. The van der Waals surface area contributed by atoms with Gasteiger partial charge < -0.3 is 5.32 Å². The van der Waals surface area contributed by atoms with Crippen LogP contribution in [0.3, 0.4) is 0 Å². The molecule has 0 saturated heterocycles. The van der Waals surface area contributed by atoms with Crippen LogP contribution in [0.1, 0.15) is 5.56 Å². The quantitative estimate of drug-likeness (QED) is 0.340. The molecule has 1 atom stereocenters. The van der Waals surface area contributed by atoms with Gasteiger partial charge in [-0.3, -0.25) is 0 Å². The Bertz CT molecular complexity index is 389. The van der Waals surface area contributed by atoms with E-state index >= 15 is 0 Å². The van der Waals surface area contributed by atoms with Crippen molar-refractivity contribution in [3.63, 3.8) is 0 Å². The molecule has 1 aromatic carbocycles. The van der Waals surface area contributed by atoms with Crippen LogP contribution in [0.2, 0.25) is 0 Å². The van der Waals surface area contributed by atoms with Gasteiger partial charge in [0.15, 0.2) is 0 Å². The maximum Gasteiger partial charge on any atom is 0.0993 e. The first-order valence-corrected chi connectivity index (χ1v) is 5.04. The van der Waals surface area contributed by atoms with Gasteiger partial charge in [0.2, 0.25) is 0 Å². The number of benzene rings is 1. The highest BCUT2D eigenvalue weighted by atomic mass is 15.1. The Morgan fingerprint density at radius 3 is 2.81 bits per heavy atom. The van der Waals surface area contributed by atoms with Crippen LogP contribution in [-0.2, 0) is 6.42 Å². The second kappa shape index (κ2) is 7.30. The number of nitrogens with zero attached hydrogens (tertiary/aromatic N) is 4. The zero-order chi connectivity index (χ0) is 11.6. The van der Waals surface area contributed by atoms with E-state index < -0.39 is 0 Å². The molecule has 0 spiro atoms. The van der Waals surface area contributed by atoms with Crippen LogP contribution in [0.4, 0.5) is 0 Å². The zero-order valence-corrected chi connectivity index (χ0v) is 8.87. The van der Waals surface area contributed by atoms with Gasteiger partial charge in [-0.15, -0.1) is 0 Å². The van der Waals surface area contributed by atoms with Gasteiger partial charge in [0.05, 0.1) is 12.1 Å². The van der Waals surface area contributed by atoms with Crippen molar-refractivity contribution in [1.29, 1.82) is 5.26 Å². The molecule has 0 aliphatic rings. The fraction of sp³-hybridized carbons (Fsp3) is 0.364.